The van der Waals surface area contributed by atoms with Crippen LogP contribution in [0.15, 0.2) is 18.2 Å². The van der Waals surface area contributed by atoms with E-state index in [1.165, 1.54) is 4.90 Å². The SMILES string of the molecule is N[C@@H]1CCCN(C(=O)c2cc(F)cc(C(F)(F)F)c2)C1. The van der Waals surface area contributed by atoms with Crippen molar-refractivity contribution in [2.45, 2.75) is 25.1 Å². The van der Waals surface area contributed by atoms with Crippen LogP contribution in [0.25, 0.3) is 0 Å². The highest BCUT2D eigenvalue weighted by molar-refractivity contribution is 5.94. The van der Waals surface area contributed by atoms with Crippen LogP contribution in [-0.4, -0.2) is 29.9 Å². The van der Waals surface area contributed by atoms with Crippen LogP contribution in [0, 0.1) is 5.82 Å². The van der Waals surface area contributed by atoms with Crippen molar-refractivity contribution in [2.75, 3.05) is 13.1 Å². The Morgan fingerprint density at radius 1 is 1.30 bits per heavy atom. The van der Waals surface area contributed by atoms with Crippen LogP contribution >= 0.6 is 0 Å². The largest absolute Gasteiger partial charge is 0.416 e. The van der Waals surface area contributed by atoms with Crippen LogP contribution < -0.4 is 5.73 Å². The van der Waals surface area contributed by atoms with Crippen molar-refractivity contribution in [3.63, 3.8) is 0 Å². The highest BCUT2D eigenvalue weighted by atomic mass is 19.4. The van der Waals surface area contributed by atoms with Crippen molar-refractivity contribution in [3.8, 4) is 0 Å². The highest BCUT2D eigenvalue weighted by Gasteiger charge is 2.32. The first-order chi connectivity index (χ1) is 9.27. The lowest BCUT2D eigenvalue weighted by Crippen LogP contribution is -2.45. The molecule has 3 nitrogen and oxygen atoms in total. The normalized spacial score (nSPS) is 20.1. The van der Waals surface area contributed by atoms with Crippen molar-refractivity contribution in [3.05, 3.63) is 35.1 Å². The number of likely N-dealkylation sites (tertiary alicyclic amines) is 1. The van der Waals surface area contributed by atoms with Gasteiger partial charge in [0.1, 0.15) is 5.82 Å². The summed E-state index contributed by atoms with van der Waals surface area (Å²) in [7, 11) is 0. The number of amides is 1. The van der Waals surface area contributed by atoms with Crippen molar-refractivity contribution < 1.29 is 22.4 Å². The number of alkyl halides is 3. The number of hydrogen-bond donors (Lipinski definition) is 1. The zero-order valence-electron chi connectivity index (χ0n) is 10.6. The van der Waals surface area contributed by atoms with Gasteiger partial charge in [0.05, 0.1) is 5.56 Å². The van der Waals surface area contributed by atoms with E-state index in [2.05, 4.69) is 0 Å². The fourth-order valence-electron chi connectivity index (χ4n) is 2.25. The molecule has 0 spiro atoms. The topological polar surface area (TPSA) is 46.3 Å². The molecule has 1 aromatic rings. The summed E-state index contributed by atoms with van der Waals surface area (Å²) < 4.78 is 51.1. The standard InChI is InChI=1S/C13H14F4N2O/c14-10-5-8(4-9(6-10)13(15,16)17)12(20)19-3-1-2-11(18)7-19/h4-6,11H,1-3,7,18H2/t11-/m1/s1. The first-order valence-corrected chi connectivity index (χ1v) is 6.20. The van der Waals surface area contributed by atoms with Crippen molar-refractivity contribution in [1.29, 1.82) is 0 Å². The molecule has 1 aromatic carbocycles. The van der Waals surface area contributed by atoms with E-state index in [0.717, 1.165) is 12.5 Å². The summed E-state index contributed by atoms with van der Waals surface area (Å²) in [5, 5.41) is 0. The third kappa shape index (κ3) is 3.27. The minimum absolute atomic E-state index is 0.191. The lowest BCUT2D eigenvalue weighted by atomic mass is 10.0. The second-order valence-electron chi connectivity index (χ2n) is 4.88. The minimum atomic E-state index is -4.69. The summed E-state index contributed by atoms with van der Waals surface area (Å²) in [4.78, 5) is 13.5. The molecular formula is C13H14F4N2O. The molecule has 1 amide bonds. The average molecular weight is 290 g/mol. The molecule has 0 aliphatic carbocycles. The molecule has 1 aliphatic rings. The third-order valence-electron chi connectivity index (χ3n) is 3.22. The molecule has 2 N–H and O–H groups in total. The number of halogens is 4. The maximum absolute atomic E-state index is 13.3. The van der Waals surface area contributed by atoms with Gasteiger partial charge in [0.15, 0.2) is 0 Å². The van der Waals surface area contributed by atoms with Crippen LogP contribution in [0.5, 0.6) is 0 Å². The zero-order valence-corrected chi connectivity index (χ0v) is 10.6. The van der Waals surface area contributed by atoms with E-state index < -0.39 is 23.5 Å². The Bertz CT molecular complexity index is 516. The molecule has 20 heavy (non-hydrogen) atoms. The van der Waals surface area contributed by atoms with Gasteiger partial charge in [-0.3, -0.25) is 4.79 Å². The number of benzene rings is 1. The first-order valence-electron chi connectivity index (χ1n) is 6.20. The number of carbonyl (C=O) groups is 1. The van der Waals surface area contributed by atoms with Crippen molar-refractivity contribution in [1.82, 2.24) is 4.90 Å². The second-order valence-corrected chi connectivity index (χ2v) is 4.88. The number of rotatable bonds is 1. The quantitative estimate of drug-likeness (QED) is 0.807. The Hall–Kier alpha value is -1.63. The van der Waals surface area contributed by atoms with Gasteiger partial charge in [-0.15, -0.1) is 0 Å². The molecule has 1 heterocycles. The number of carbonyl (C=O) groups excluding carboxylic acids is 1. The summed E-state index contributed by atoms with van der Waals surface area (Å²) >= 11 is 0. The summed E-state index contributed by atoms with van der Waals surface area (Å²) in [6, 6.07) is 1.67. The van der Waals surface area contributed by atoms with Crippen LogP contribution in [0.1, 0.15) is 28.8 Å². The molecule has 2 rings (SSSR count). The van der Waals surface area contributed by atoms with Gasteiger partial charge in [-0.05, 0) is 31.0 Å². The van der Waals surface area contributed by atoms with E-state index in [4.69, 9.17) is 5.73 Å². The van der Waals surface area contributed by atoms with E-state index in [1.54, 1.807) is 0 Å². The summed E-state index contributed by atoms with van der Waals surface area (Å²) in [5.41, 5.74) is 4.26. The lowest BCUT2D eigenvalue weighted by molar-refractivity contribution is -0.137. The molecule has 1 aliphatic heterocycles. The van der Waals surface area contributed by atoms with Gasteiger partial charge in [0.2, 0.25) is 0 Å². The van der Waals surface area contributed by atoms with Gasteiger partial charge in [-0.2, -0.15) is 13.2 Å². The molecule has 0 radical (unpaired) electrons. The molecule has 7 heteroatoms. The molecule has 0 aromatic heterocycles. The van der Waals surface area contributed by atoms with Crippen LogP contribution in [0.2, 0.25) is 0 Å². The zero-order chi connectivity index (χ0) is 14.9. The van der Waals surface area contributed by atoms with E-state index in [0.29, 0.717) is 25.1 Å². The Balaban J connectivity index is 2.28. The van der Waals surface area contributed by atoms with Crippen LogP contribution in [0.3, 0.4) is 0 Å². The molecule has 0 unspecified atom stereocenters. The van der Waals surface area contributed by atoms with Gasteiger partial charge < -0.3 is 10.6 Å². The van der Waals surface area contributed by atoms with E-state index >= 15 is 0 Å². The maximum atomic E-state index is 13.3. The Labute approximate surface area is 113 Å². The Morgan fingerprint density at radius 2 is 2.00 bits per heavy atom. The minimum Gasteiger partial charge on any atom is -0.337 e. The molecule has 1 saturated heterocycles. The molecule has 1 fully saturated rings. The number of hydrogen-bond acceptors (Lipinski definition) is 2. The number of nitrogens with zero attached hydrogens (tertiary/aromatic N) is 1. The predicted octanol–water partition coefficient (Wildman–Crippen LogP) is 2.41. The third-order valence-corrected chi connectivity index (χ3v) is 3.22. The lowest BCUT2D eigenvalue weighted by Gasteiger charge is -2.31. The van der Waals surface area contributed by atoms with E-state index in [9.17, 15) is 22.4 Å². The number of nitrogens with two attached hydrogens (primary N) is 1. The van der Waals surface area contributed by atoms with Crippen molar-refractivity contribution >= 4 is 5.91 Å². The first kappa shape index (κ1) is 14.8. The summed E-state index contributed by atoms with van der Waals surface area (Å²) in [6.45, 7) is 0.696. The highest BCUT2D eigenvalue weighted by Crippen LogP contribution is 2.30. The number of piperidine rings is 1. The van der Waals surface area contributed by atoms with Crippen LogP contribution in [-0.2, 0) is 6.18 Å². The van der Waals surface area contributed by atoms with E-state index in [1.807, 2.05) is 0 Å². The smallest absolute Gasteiger partial charge is 0.337 e. The molecular weight excluding hydrogens is 276 g/mol. The molecule has 110 valence electrons. The van der Waals surface area contributed by atoms with Crippen molar-refractivity contribution in [2.24, 2.45) is 5.73 Å². The molecule has 0 saturated carbocycles. The molecule has 1 atom stereocenters. The molecule has 0 bridgehead atoms. The van der Waals surface area contributed by atoms with Gasteiger partial charge in [0.25, 0.3) is 5.91 Å². The van der Waals surface area contributed by atoms with Gasteiger partial charge in [-0.1, -0.05) is 0 Å². The predicted molar refractivity (Wildman–Crippen MR) is 64.5 cm³/mol. The monoisotopic (exact) mass is 290 g/mol. The van der Waals surface area contributed by atoms with Gasteiger partial charge >= 0.3 is 6.18 Å². The van der Waals surface area contributed by atoms with Gasteiger partial charge in [-0.25, -0.2) is 4.39 Å². The second kappa shape index (κ2) is 5.40. The van der Waals surface area contributed by atoms with E-state index in [-0.39, 0.29) is 18.2 Å². The summed E-state index contributed by atoms with van der Waals surface area (Å²) in [5.74, 6) is -1.70. The average Bonchev–Trinajstić information content (AvgIpc) is 2.36. The fourth-order valence-corrected chi connectivity index (χ4v) is 2.25. The van der Waals surface area contributed by atoms with Crippen LogP contribution in [0.4, 0.5) is 17.6 Å². The maximum Gasteiger partial charge on any atom is 0.416 e. The Kier molecular flexibility index (Phi) is 3.99. The van der Waals surface area contributed by atoms with Gasteiger partial charge in [0, 0.05) is 24.7 Å². The Morgan fingerprint density at radius 3 is 2.60 bits per heavy atom. The summed E-state index contributed by atoms with van der Waals surface area (Å²) in [6.07, 6.45) is -3.23. The fraction of sp³-hybridized carbons (Fsp3) is 0.462.